The highest BCUT2D eigenvalue weighted by molar-refractivity contribution is 7.86. The fourth-order valence-electron chi connectivity index (χ4n) is 2.89. The van der Waals surface area contributed by atoms with Crippen molar-refractivity contribution in [3.8, 4) is 5.75 Å². The number of carbonyl (C=O) groups excluding carboxylic acids is 3. The lowest BCUT2D eigenvalue weighted by atomic mass is 10.1. The summed E-state index contributed by atoms with van der Waals surface area (Å²) < 4.78 is 37.4. The lowest BCUT2D eigenvalue weighted by Crippen LogP contribution is -2.39. The molecule has 0 aliphatic carbocycles. The minimum absolute atomic E-state index is 0.115. The molecule has 1 atom stereocenters. The van der Waals surface area contributed by atoms with Crippen LogP contribution in [0.2, 0.25) is 0 Å². The molecule has 0 fully saturated rings. The smallest absolute Gasteiger partial charge is 0.335 e. The quantitative estimate of drug-likeness (QED) is 0.360. The zero-order valence-electron chi connectivity index (χ0n) is 19.2. The standard InChI is InChI=1S/C23H28N2O8S/c1-4-31-20(22(27)32-5-2)14-16-6-10-18(11-7-16)21(26)25-23(28)24-15-17-8-12-19(13-9-17)33-34(3,29)30/h6-13,20H,4-5,14-15H2,1-3H3,(H2,24,25,26,28). The maximum atomic E-state index is 12.3. The van der Waals surface area contributed by atoms with Crippen LogP contribution in [0, 0.1) is 0 Å². The van der Waals surface area contributed by atoms with E-state index in [1.807, 2.05) is 0 Å². The van der Waals surface area contributed by atoms with E-state index in [9.17, 15) is 22.8 Å². The zero-order chi connectivity index (χ0) is 25.1. The van der Waals surface area contributed by atoms with Crippen LogP contribution in [0.15, 0.2) is 48.5 Å². The molecule has 2 rings (SSSR count). The molecule has 184 valence electrons. The minimum Gasteiger partial charge on any atom is -0.464 e. The summed E-state index contributed by atoms with van der Waals surface area (Å²) in [6.45, 7) is 4.23. The van der Waals surface area contributed by atoms with E-state index in [-0.39, 0.29) is 24.5 Å². The Morgan fingerprint density at radius 3 is 2.09 bits per heavy atom. The average molecular weight is 493 g/mol. The highest BCUT2D eigenvalue weighted by Gasteiger charge is 2.20. The van der Waals surface area contributed by atoms with Gasteiger partial charge in [-0.3, -0.25) is 10.1 Å². The molecular weight excluding hydrogens is 464 g/mol. The van der Waals surface area contributed by atoms with Crippen LogP contribution in [0.25, 0.3) is 0 Å². The van der Waals surface area contributed by atoms with Gasteiger partial charge in [0, 0.05) is 25.1 Å². The second-order valence-electron chi connectivity index (χ2n) is 7.17. The molecular formula is C23H28N2O8S. The van der Waals surface area contributed by atoms with E-state index in [0.717, 1.165) is 11.8 Å². The van der Waals surface area contributed by atoms with Gasteiger partial charge in [-0.25, -0.2) is 9.59 Å². The third kappa shape index (κ3) is 9.20. The molecule has 34 heavy (non-hydrogen) atoms. The number of imide groups is 1. The first-order valence-electron chi connectivity index (χ1n) is 10.6. The number of hydrogen-bond donors (Lipinski definition) is 2. The first kappa shape index (κ1) is 26.8. The molecule has 10 nitrogen and oxygen atoms in total. The van der Waals surface area contributed by atoms with Crippen LogP contribution in [-0.2, 0) is 37.4 Å². The van der Waals surface area contributed by atoms with Crippen LogP contribution in [0.5, 0.6) is 5.75 Å². The van der Waals surface area contributed by atoms with Gasteiger partial charge in [0.25, 0.3) is 5.91 Å². The summed E-state index contributed by atoms with van der Waals surface area (Å²) in [5.41, 5.74) is 1.72. The van der Waals surface area contributed by atoms with E-state index < -0.39 is 34.1 Å². The highest BCUT2D eigenvalue weighted by atomic mass is 32.2. The van der Waals surface area contributed by atoms with E-state index in [0.29, 0.717) is 18.6 Å². The summed E-state index contributed by atoms with van der Waals surface area (Å²) in [5.74, 6) is -0.878. The SMILES string of the molecule is CCOC(=O)C(Cc1ccc(C(=O)NC(=O)NCc2ccc(OS(C)(=O)=O)cc2)cc1)OCC. The van der Waals surface area contributed by atoms with Crippen molar-refractivity contribution in [2.24, 2.45) is 0 Å². The number of esters is 1. The molecule has 0 radical (unpaired) electrons. The van der Waals surface area contributed by atoms with Gasteiger partial charge in [0.2, 0.25) is 0 Å². The number of amides is 3. The predicted molar refractivity (Wildman–Crippen MR) is 124 cm³/mol. The summed E-state index contributed by atoms with van der Waals surface area (Å²) in [7, 11) is -3.62. The van der Waals surface area contributed by atoms with Crippen molar-refractivity contribution in [3.05, 3.63) is 65.2 Å². The maximum absolute atomic E-state index is 12.3. The first-order valence-corrected chi connectivity index (χ1v) is 12.4. The highest BCUT2D eigenvalue weighted by Crippen LogP contribution is 2.14. The van der Waals surface area contributed by atoms with E-state index in [4.69, 9.17) is 13.7 Å². The zero-order valence-corrected chi connectivity index (χ0v) is 20.0. The van der Waals surface area contributed by atoms with Gasteiger partial charge >= 0.3 is 22.1 Å². The Kier molecular flexibility index (Phi) is 10.0. The molecule has 0 saturated carbocycles. The molecule has 0 spiro atoms. The van der Waals surface area contributed by atoms with E-state index in [1.54, 1.807) is 50.2 Å². The number of hydrogen-bond acceptors (Lipinski definition) is 8. The number of benzene rings is 2. The van der Waals surface area contributed by atoms with Crippen molar-refractivity contribution in [1.29, 1.82) is 0 Å². The van der Waals surface area contributed by atoms with E-state index in [1.165, 1.54) is 12.1 Å². The lowest BCUT2D eigenvalue weighted by Gasteiger charge is -2.15. The molecule has 3 amide bonds. The van der Waals surface area contributed by atoms with Gasteiger partial charge in [0.15, 0.2) is 6.10 Å². The van der Waals surface area contributed by atoms with Crippen LogP contribution in [-0.4, -0.2) is 51.9 Å². The predicted octanol–water partition coefficient (Wildman–Crippen LogP) is 2.18. The van der Waals surface area contributed by atoms with E-state index in [2.05, 4.69) is 10.6 Å². The molecule has 0 saturated heterocycles. The minimum atomic E-state index is -3.62. The molecule has 11 heteroatoms. The van der Waals surface area contributed by atoms with Gasteiger partial charge in [-0.2, -0.15) is 8.42 Å². The second kappa shape index (κ2) is 12.7. The largest absolute Gasteiger partial charge is 0.464 e. The molecule has 2 N–H and O–H groups in total. The van der Waals surface area contributed by atoms with Gasteiger partial charge in [-0.05, 0) is 49.2 Å². The molecule has 0 aromatic heterocycles. The number of rotatable bonds is 11. The fraction of sp³-hybridized carbons (Fsp3) is 0.348. The Balaban J connectivity index is 1.86. The second-order valence-corrected chi connectivity index (χ2v) is 8.74. The van der Waals surface area contributed by atoms with Gasteiger partial charge in [-0.1, -0.05) is 24.3 Å². The van der Waals surface area contributed by atoms with Crippen LogP contribution < -0.4 is 14.8 Å². The van der Waals surface area contributed by atoms with Gasteiger partial charge in [0.1, 0.15) is 5.75 Å². The van der Waals surface area contributed by atoms with Crippen LogP contribution in [0.1, 0.15) is 35.3 Å². The normalized spacial score (nSPS) is 11.9. The van der Waals surface area contributed by atoms with Crippen molar-refractivity contribution < 1.29 is 36.5 Å². The lowest BCUT2D eigenvalue weighted by molar-refractivity contribution is -0.156. The van der Waals surface area contributed by atoms with Gasteiger partial charge < -0.3 is 19.0 Å². The maximum Gasteiger partial charge on any atom is 0.335 e. The van der Waals surface area contributed by atoms with E-state index >= 15 is 0 Å². The average Bonchev–Trinajstić information content (AvgIpc) is 2.78. The first-order chi connectivity index (χ1) is 16.1. The molecule has 1 unspecified atom stereocenters. The fourth-order valence-corrected chi connectivity index (χ4v) is 3.35. The Bertz CT molecular complexity index is 1080. The molecule has 2 aromatic carbocycles. The van der Waals surface area contributed by atoms with Crippen molar-refractivity contribution >= 4 is 28.0 Å². The van der Waals surface area contributed by atoms with Crippen molar-refractivity contribution in [2.45, 2.75) is 32.9 Å². The molecule has 0 heterocycles. The Morgan fingerprint density at radius 1 is 0.912 bits per heavy atom. The summed E-state index contributed by atoms with van der Waals surface area (Å²) in [5, 5.41) is 4.78. The Hall–Kier alpha value is -3.44. The van der Waals surface area contributed by atoms with Crippen molar-refractivity contribution in [2.75, 3.05) is 19.5 Å². The molecule has 0 aliphatic heterocycles. The monoisotopic (exact) mass is 492 g/mol. The Morgan fingerprint density at radius 2 is 1.53 bits per heavy atom. The summed E-state index contributed by atoms with van der Waals surface area (Å²) >= 11 is 0. The topological polar surface area (TPSA) is 137 Å². The van der Waals surface area contributed by atoms with Crippen LogP contribution in [0.4, 0.5) is 4.79 Å². The number of urea groups is 1. The summed E-state index contributed by atoms with van der Waals surface area (Å²) in [4.78, 5) is 36.4. The van der Waals surface area contributed by atoms with Crippen molar-refractivity contribution in [1.82, 2.24) is 10.6 Å². The number of ether oxygens (including phenoxy) is 2. The number of carbonyl (C=O) groups is 3. The van der Waals surface area contributed by atoms with Crippen molar-refractivity contribution in [3.63, 3.8) is 0 Å². The van der Waals surface area contributed by atoms with Gasteiger partial charge in [0.05, 0.1) is 12.9 Å². The third-order valence-electron chi connectivity index (χ3n) is 4.41. The Labute approximate surface area is 198 Å². The molecule has 0 aliphatic rings. The summed E-state index contributed by atoms with van der Waals surface area (Å²) in [6, 6.07) is 11.9. The molecule has 0 bridgehead atoms. The van der Waals surface area contributed by atoms with Crippen LogP contribution in [0.3, 0.4) is 0 Å². The van der Waals surface area contributed by atoms with Gasteiger partial charge in [-0.15, -0.1) is 0 Å². The van der Waals surface area contributed by atoms with Crippen LogP contribution >= 0.6 is 0 Å². The summed E-state index contributed by atoms with van der Waals surface area (Å²) in [6.07, 6.45) is 0.504. The molecule has 2 aromatic rings. The third-order valence-corrected chi connectivity index (χ3v) is 4.90. The number of nitrogens with one attached hydrogen (secondary N) is 2.